The molecule has 2 rings (SSSR count). The van der Waals surface area contributed by atoms with E-state index in [1.165, 1.54) is 6.20 Å². The van der Waals surface area contributed by atoms with Gasteiger partial charge in [0.2, 0.25) is 5.91 Å². The molecule has 1 fully saturated rings. The second-order valence-corrected chi connectivity index (χ2v) is 6.97. The Morgan fingerprint density at radius 3 is 2.62 bits per heavy atom. The summed E-state index contributed by atoms with van der Waals surface area (Å²) in [4.78, 5) is 45.7. The number of nitrogens with one attached hydrogen (secondary N) is 2. The molecule has 4 N–H and O–H groups in total. The zero-order valence-electron chi connectivity index (χ0n) is 15.4. The summed E-state index contributed by atoms with van der Waals surface area (Å²) in [6.07, 6.45) is 4.46. The Morgan fingerprint density at radius 1 is 1.27 bits per heavy atom. The summed E-state index contributed by atoms with van der Waals surface area (Å²) >= 11 is 0. The van der Waals surface area contributed by atoms with Gasteiger partial charge >= 0.3 is 6.03 Å². The van der Waals surface area contributed by atoms with Crippen molar-refractivity contribution in [3.63, 3.8) is 0 Å². The van der Waals surface area contributed by atoms with E-state index in [0.717, 1.165) is 6.42 Å². The first kappa shape index (κ1) is 19.6. The van der Waals surface area contributed by atoms with Crippen molar-refractivity contribution < 1.29 is 14.4 Å². The molecule has 0 aliphatic carbocycles. The van der Waals surface area contributed by atoms with E-state index in [0.29, 0.717) is 30.9 Å². The lowest BCUT2D eigenvalue weighted by atomic mass is 9.84. The smallest absolute Gasteiger partial charge is 0.312 e. The third kappa shape index (κ3) is 4.47. The fourth-order valence-electron chi connectivity index (χ4n) is 3.19. The fourth-order valence-corrected chi connectivity index (χ4v) is 3.19. The minimum Gasteiger partial charge on any atom is -0.352 e. The first-order valence-electron chi connectivity index (χ1n) is 8.67. The van der Waals surface area contributed by atoms with Gasteiger partial charge in [0, 0.05) is 25.5 Å². The van der Waals surface area contributed by atoms with Gasteiger partial charge in [0.15, 0.2) is 0 Å². The third-order valence-electron chi connectivity index (χ3n) is 4.79. The van der Waals surface area contributed by atoms with E-state index >= 15 is 0 Å². The molecule has 1 saturated heterocycles. The van der Waals surface area contributed by atoms with E-state index in [-0.39, 0.29) is 29.8 Å². The molecule has 0 saturated carbocycles. The number of primary amides is 1. The molecule has 1 unspecified atom stereocenters. The summed E-state index contributed by atoms with van der Waals surface area (Å²) in [5.41, 5.74) is 5.80. The van der Waals surface area contributed by atoms with E-state index in [9.17, 15) is 14.4 Å². The van der Waals surface area contributed by atoms with Crippen molar-refractivity contribution in [2.45, 2.75) is 39.7 Å². The second-order valence-electron chi connectivity index (χ2n) is 6.97. The van der Waals surface area contributed by atoms with Gasteiger partial charge in [-0.2, -0.15) is 0 Å². The average Bonchev–Trinajstić information content (AvgIpc) is 2.91. The van der Waals surface area contributed by atoms with Gasteiger partial charge in [0.1, 0.15) is 5.69 Å². The lowest BCUT2D eigenvalue weighted by Gasteiger charge is -2.33. The van der Waals surface area contributed by atoms with Gasteiger partial charge < -0.3 is 21.3 Å². The number of carbonyl (C=O) groups excluding carboxylic acids is 3. The Balaban J connectivity index is 2.05. The number of urea groups is 1. The number of amides is 4. The van der Waals surface area contributed by atoms with Crippen LogP contribution in [0, 0.1) is 5.41 Å². The molecule has 26 heavy (non-hydrogen) atoms. The summed E-state index contributed by atoms with van der Waals surface area (Å²) in [5, 5.41) is 5.19. The molecule has 4 amide bonds. The first-order chi connectivity index (χ1) is 12.3. The number of hydrogen-bond donors (Lipinski definition) is 3. The molecule has 1 aromatic rings. The van der Waals surface area contributed by atoms with Crippen molar-refractivity contribution in [2.75, 3.05) is 19.6 Å². The molecule has 0 radical (unpaired) electrons. The van der Waals surface area contributed by atoms with Gasteiger partial charge in [-0.1, -0.05) is 20.8 Å². The number of likely N-dealkylation sites (tertiary alicyclic amines) is 1. The Kier molecular flexibility index (Phi) is 6.12. The lowest BCUT2D eigenvalue weighted by molar-refractivity contribution is -0.131. The summed E-state index contributed by atoms with van der Waals surface area (Å²) in [6, 6.07) is -0.924. The number of carbonyl (C=O) groups is 3. The Hall–Kier alpha value is -2.71. The fraction of sp³-hybridized carbons (Fsp3) is 0.588. The molecule has 142 valence electrons. The lowest BCUT2D eigenvalue weighted by Crippen LogP contribution is -2.51. The monoisotopic (exact) mass is 362 g/mol. The molecule has 0 aromatic carbocycles. The van der Waals surface area contributed by atoms with E-state index in [1.807, 2.05) is 6.92 Å². The van der Waals surface area contributed by atoms with Crippen LogP contribution in [-0.2, 0) is 11.2 Å². The topological polar surface area (TPSA) is 130 Å². The highest BCUT2D eigenvalue weighted by atomic mass is 16.2. The summed E-state index contributed by atoms with van der Waals surface area (Å²) < 4.78 is 0. The minimum atomic E-state index is -0.739. The van der Waals surface area contributed by atoms with Crippen molar-refractivity contribution in [3.8, 4) is 0 Å². The van der Waals surface area contributed by atoms with Crippen LogP contribution in [-0.4, -0.2) is 58.4 Å². The summed E-state index contributed by atoms with van der Waals surface area (Å²) in [6.45, 7) is 6.73. The molecule has 9 heteroatoms. The van der Waals surface area contributed by atoms with Crippen LogP contribution < -0.4 is 16.4 Å². The van der Waals surface area contributed by atoms with Crippen LogP contribution in [0.1, 0.15) is 43.4 Å². The van der Waals surface area contributed by atoms with Gasteiger partial charge in [-0.3, -0.25) is 14.6 Å². The number of rotatable bonds is 6. The number of aromatic nitrogens is 2. The van der Waals surface area contributed by atoms with Gasteiger partial charge in [0.25, 0.3) is 5.91 Å². The minimum absolute atomic E-state index is 0.153. The van der Waals surface area contributed by atoms with E-state index in [4.69, 9.17) is 5.73 Å². The molecular weight excluding hydrogens is 336 g/mol. The second kappa shape index (κ2) is 8.11. The normalized spacial score (nSPS) is 18.4. The quantitative estimate of drug-likeness (QED) is 0.659. The Labute approximate surface area is 152 Å². The summed E-state index contributed by atoms with van der Waals surface area (Å²) in [5.74, 6) is -0.525. The standard InChI is InChI=1S/C17H26N6O3/c1-4-11-14(20-7-6-19-11)15(25)21-9-12-17(2,3)5-8-23(12)13(24)10-22-16(18)26/h6-7,12H,4-5,8-10H2,1-3H3,(H,21,25)(H3,18,22,26). The molecule has 0 spiro atoms. The van der Waals surface area contributed by atoms with Crippen LogP contribution in [0.5, 0.6) is 0 Å². The maximum atomic E-state index is 12.5. The molecule has 1 aromatic heterocycles. The largest absolute Gasteiger partial charge is 0.352 e. The van der Waals surface area contributed by atoms with E-state index in [1.54, 1.807) is 11.1 Å². The predicted molar refractivity (Wildman–Crippen MR) is 95.2 cm³/mol. The van der Waals surface area contributed by atoms with E-state index < -0.39 is 6.03 Å². The highest BCUT2D eigenvalue weighted by Gasteiger charge is 2.42. The molecule has 0 bridgehead atoms. The van der Waals surface area contributed by atoms with Crippen LogP contribution in [0.15, 0.2) is 12.4 Å². The van der Waals surface area contributed by atoms with Crippen molar-refractivity contribution in [1.29, 1.82) is 0 Å². The van der Waals surface area contributed by atoms with Crippen LogP contribution in [0.2, 0.25) is 0 Å². The highest BCUT2D eigenvalue weighted by molar-refractivity contribution is 5.93. The van der Waals surface area contributed by atoms with Crippen molar-refractivity contribution in [3.05, 3.63) is 23.8 Å². The maximum absolute atomic E-state index is 12.5. The van der Waals surface area contributed by atoms with Crippen molar-refractivity contribution >= 4 is 17.8 Å². The predicted octanol–water partition coefficient (Wildman–Crippen LogP) is 0.0642. The van der Waals surface area contributed by atoms with Gasteiger partial charge in [0.05, 0.1) is 18.3 Å². The Bertz CT molecular complexity index is 691. The third-order valence-corrected chi connectivity index (χ3v) is 4.79. The van der Waals surface area contributed by atoms with Crippen LogP contribution >= 0.6 is 0 Å². The van der Waals surface area contributed by atoms with E-state index in [2.05, 4.69) is 34.4 Å². The molecule has 1 aliphatic heterocycles. The van der Waals surface area contributed by atoms with Crippen LogP contribution in [0.4, 0.5) is 4.79 Å². The average molecular weight is 362 g/mol. The Morgan fingerprint density at radius 2 is 1.96 bits per heavy atom. The molecule has 1 atom stereocenters. The first-order valence-corrected chi connectivity index (χ1v) is 8.67. The molecular formula is C17H26N6O3. The van der Waals surface area contributed by atoms with Crippen LogP contribution in [0.25, 0.3) is 0 Å². The zero-order valence-corrected chi connectivity index (χ0v) is 15.4. The molecule has 2 heterocycles. The summed E-state index contributed by atoms with van der Waals surface area (Å²) in [7, 11) is 0. The van der Waals surface area contributed by atoms with Gasteiger partial charge in [-0.15, -0.1) is 0 Å². The number of hydrogen-bond acceptors (Lipinski definition) is 5. The van der Waals surface area contributed by atoms with Crippen molar-refractivity contribution in [1.82, 2.24) is 25.5 Å². The number of aryl methyl sites for hydroxylation is 1. The maximum Gasteiger partial charge on any atom is 0.312 e. The number of nitrogens with zero attached hydrogens (tertiary/aromatic N) is 3. The zero-order chi connectivity index (χ0) is 19.3. The highest BCUT2D eigenvalue weighted by Crippen LogP contribution is 2.35. The SMILES string of the molecule is CCc1nccnc1C(=O)NCC1N(C(=O)CNC(N)=O)CCC1(C)C. The van der Waals surface area contributed by atoms with Gasteiger partial charge in [-0.25, -0.2) is 9.78 Å². The molecule has 1 aliphatic rings. The molecule has 9 nitrogen and oxygen atoms in total. The van der Waals surface area contributed by atoms with Gasteiger partial charge in [-0.05, 0) is 18.3 Å². The van der Waals surface area contributed by atoms with Crippen molar-refractivity contribution in [2.24, 2.45) is 11.1 Å². The number of nitrogens with two attached hydrogens (primary N) is 1. The van der Waals surface area contributed by atoms with Crippen LogP contribution in [0.3, 0.4) is 0 Å².